The van der Waals surface area contributed by atoms with Crippen molar-refractivity contribution in [2.45, 2.75) is 24.9 Å². The zero-order valence-electron chi connectivity index (χ0n) is 17.0. The Morgan fingerprint density at radius 1 is 0.844 bits per heavy atom. The first-order valence-corrected chi connectivity index (χ1v) is 9.95. The van der Waals surface area contributed by atoms with E-state index in [0.717, 1.165) is 11.1 Å². The number of carboxylic acids is 2. The third-order valence-electron chi connectivity index (χ3n) is 4.98. The summed E-state index contributed by atoms with van der Waals surface area (Å²) in [7, 11) is 0. The molecule has 3 N–H and O–H groups in total. The highest BCUT2D eigenvalue weighted by atomic mass is 16.4. The topological polar surface area (TPSA) is 126 Å². The molecule has 0 aliphatic rings. The number of nitrogens with one attached hydrogen (secondary N) is 1. The normalized spacial score (nSPS) is 11.7. The Morgan fingerprint density at radius 3 is 1.91 bits per heavy atom. The van der Waals surface area contributed by atoms with Crippen LogP contribution in [-0.4, -0.2) is 38.7 Å². The fourth-order valence-electron chi connectivity index (χ4n) is 3.43. The summed E-state index contributed by atoms with van der Waals surface area (Å²) in [5.41, 5.74) is 0.850. The highest BCUT2D eigenvalue weighted by molar-refractivity contribution is 5.96. The van der Waals surface area contributed by atoms with Gasteiger partial charge in [-0.15, -0.1) is 0 Å². The van der Waals surface area contributed by atoms with Gasteiger partial charge in [0.15, 0.2) is 0 Å². The quantitative estimate of drug-likeness (QED) is 0.475. The fourth-order valence-corrected chi connectivity index (χ4v) is 3.43. The van der Waals surface area contributed by atoms with Gasteiger partial charge in [-0.3, -0.25) is 14.4 Å². The van der Waals surface area contributed by atoms with E-state index >= 15 is 0 Å². The molecule has 0 radical (unpaired) electrons. The van der Waals surface area contributed by atoms with E-state index in [9.17, 15) is 24.3 Å². The van der Waals surface area contributed by atoms with Crippen LogP contribution >= 0.6 is 0 Å². The zero-order valence-corrected chi connectivity index (χ0v) is 17.0. The van der Waals surface area contributed by atoms with Crippen LogP contribution in [0.4, 0.5) is 0 Å². The molecule has 164 valence electrons. The van der Waals surface area contributed by atoms with Gasteiger partial charge in [0.25, 0.3) is 11.5 Å². The van der Waals surface area contributed by atoms with Gasteiger partial charge >= 0.3 is 11.9 Å². The van der Waals surface area contributed by atoms with Crippen LogP contribution in [0, 0.1) is 0 Å². The molecule has 0 unspecified atom stereocenters. The molecule has 0 aliphatic heterocycles. The summed E-state index contributed by atoms with van der Waals surface area (Å²) in [6.07, 6.45) is 0.845. The van der Waals surface area contributed by atoms with E-state index < -0.39 is 41.9 Å². The predicted octanol–water partition coefficient (Wildman–Crippen LogP) is 2.53. The average Bonchev–Trinajstić information content (AvgIpc) is 2.79. The maximum Gasteiger partial charge on any atom is 0.326 e. The second-order valence-electron chi connectivity index (χ2n) is 7.15. The number of rotatable bonds is 9. The number of carbonyl (C=O) groups is 3. The van der Waals surface area contributed by atoms with Gasteiger partial charge < -0.3 is 20.1 Å². The molecule has 0 saturated heterocycles. The van der Waals surface area contributed by atoms with Gasteiger partial charge in [-0.05, 0) is 29.7 Å². The van der Waals surface area contributed by atoms with E-state index in [0.29, 0.717) is 0 Å². The minimum Gasteiger partial charge on any atom is -0.481 e. The number of aromatic nitrogens is 1. The van der Waals surface area contributed by atoms with Crippen LogP contribution < -0.4 is 10.9 Å². The molecular formula is C24H22N2O6. The molecule has 2 aromatic carbocycles. The molecule has 0 saturated carbocycles. The molecule has 8 nitrogen and oxygen atoms in total. The lowest BCUT2D eigenvalue weighted by atomic mass is 9.98. The van der Waals surface area contributed by atoms with Crippen molar-refractivity contribution in [2.75, 3.05) is 0 Å². The number of hydrogen-bond donors (Lipinski definition) is 3. The lowest BCUT2D eigenvalue weighted by Crippen LogP contribution is -2.43. The van der Waals surface area contributed by atoms with Gasteiger partial charge in [-0.2, -0.15) is 0 Å². The van der Waals surface area contributed by atoms with Gasteiger partial charge in [0.2, 0.25) is 0 Å². The number of aliphatic carboxylic acids is 2. The summed E-state index contributed by atoms with van der Waals surface area (Å²) < 4.78 is 1.42. The van der Waals surface area contributed by atoms with E-state index in [4.69, 9.17) is 5.11 Å². The van der Waals surface area contributed by atoms with Crippen LogP contribution in [-0.2, 0) is 9.59 Å². The zero-order chi connectivity index (χ0) is 23.1. The first kappa shape index (κ1) is 22.5. The molecule has 3 aromatic rings. The molecule has 8 heteroatoms. The lowest BCUT2D eigenvalue weighted by molar-refractivity contribution is -0.140. The molecule has 3 rings (SSSR count). The summed E-state index contributed by atoms with van der Waals surface area (Å²) in [6, 6.07) is 19.6. The molecule has 1 amide bonds. The number of hydrogen-bond acceptors (Lipinski definition) is 4. The third kappa shape index (κ3) is 5.28. The minimum atomic E-state index is -1.43. The molecule has 0 aliphatic carbocycles. The summed E-state index contributed by atoms with van der Waals surface area (Å²) in [5.74, 6) is -3.43. The van der Waals surface area contributed by atoms with Crippen LogP contribution in [0.3, 0.4) is 0 Å². The molecule has 32 heavy (non-hydrogen) atoms. The molecule has 1 aromatic heterocycles. The predicted molar refractivity (Wildman–Crippen MR) is 117 cm³/mol. The van der Waals surface area contributed by atoms with E-state index in [1.165, 1.54) is 10.6 Å². The van der Waals surface area contributed by atoms with Crippen molar-refractivity contribution in [1.29, 1.82) is 0 Å². The van der Waals surface area contributed by atoms with Gasteiger partial charge in [0.05, 0.1) is 6.04 Å². The lowest BCUT2D eigenvalue weighted by Gasteiger charge is -2.22. The molecule has 1 atom stereocenters. The first-order valence-electron chi connectivity index (χ1n) is 9.95. The number of carbonyl (C=O) groups excluding carboxylic acids is 1. The van der Waals surface area contributed by atoms with E-state index in [2.05, 4.69) is 5.32 Å². The third-order valence-corrected chi connectivity index (χ3v) is 4.98. The number of pyridine rings is 1. The second-order valence-corrected chi connectivity index (χ2v) is 7.15. The number of nitrogens with zero attached hydrogens (tertiary/aromatic N) is 1. The van der Waals surface area contributed by atoms with Gasteiger partial charge in [-0.1, -0.05) is 60.7 Å². The Hall–Kier alpha value is -4.20. The highest BCUT2D eigenvalue weighted by Gasteiger charge is 2.25. The number of benzene rings is 2. The van der Waals surface area contributed by atoms with Crippen molar-refractivity contribution in [3.05, 3.63) is 106 Å². The SMILES string of the molecule is O=C(O)CC[C@H](NC(=O)c1cccn(C(c2ccccc2)c2ccccc2)c1=O)C(=O)O. The standard InChI is InChI=1S/C24H22N2O6/c27-20(28)14-13-19(24(31)32)25-22(29)18-12-7-15-26(23(18)30)21(16-8-3-1-4-9-16)17-10-5-2-6-11-17/h1-12,15,19,21H,13-14H2,(H,25,29)(H,27,28)(H,31,32)/t19-/m0/s1. The van der Waals surface area contributed by atoms with E-state index in [1.54, 1.807) is 12.3 Å². The minimum absolute atomic E-state index is 0.231. The van der Waals surface area contributed by atoms with Crippen molar-refractivity contribution >= 4 is 17.8 Å². The Labute approximate surface area is 183 Å². The van der Waals surface area contributed by atoms with Crippen molar-refractivity contribution in [3.63, 3.8) is 0 Å². The molecule has 0 spiro atoms. The van der Waals surface area contributed by atoms with Gasteiger partial charge in [0.1, 0.15) is 11.6 Å². The first-order chi connectivity index (χ1) is 15.4. The Kier molecular flexibility index (Phi) is 7.17. The Morgan fingerprint density at radius 2 is 1.41 bits per heavy atom. The Bertz CT molecular complexity index is 1120. The second kappa shape index (κ2) is 10.2. The van der Waals surface area contributed by atoms with Gasteiger partial charge in [0, 0.05) is 12.6 Å². The largest absolute Gasteiger partial charge is 0.481 e. The monoisotopic (exact) mass is 434 g/mol. The van der Waals surface area contributed by atoms with Gasteiger partial charge in [-0.25, -0.2) is 4.79 Å². The maximum atomic E-state index is 13.3. The van der Waals surface area contributed by atoms with Crippen LogP contribution in [0.25, 0.3) is 0 Å². The summed E-state index contributed by atoms with van der Waals surface area (Å²) >= 11 is 0. The summed E-state index contributed by atoms with van der Waals surface area (Å²) in [4.78, 5) is 48.2. The van der Waals surface area contributed by atoms with Crippen molar-refractivity contribution in [1.82, 2.24) is 9.88 Å². The molecule has 1 heterocycles. The van der Waals surface area contributed by atoms with Crippen molar-refractivity contribution < 1.29 is 24.6 Å². The summed E-state index contributed by atoms with van der Waals surface area (Å²) in [6.45, 7) is 0. The fraction of sp³-hybridized carbons (Fsp3) is 0.167. The number of carboxylic acid groups (broad SMARTS) is 2. The smallest absolute Gasteiger partial charge is 0.326 e. The highest BCUT2D eigenvalue weighted by Crippen LogP contribution is 2.25. The molecule has 0 bridgehead atoms. The number of amides is 1. The van der Waals surface area contributed by atoms with Crippen LogP contribution in [0.2, 0.25) is 0 Å². The molecular weight excluding hydrogens is 412 g/mol. The summed E-state index contributed by atoms with van der Waals surface area (Å²) in [5, 5.41) is 20.4. The van der Waals surface area contributed by atoms with Crippen molar-refractivity contribution in [2.24, 2.45) is 0 Å². The van der Waals surface area contributed by atoms with Crippen LogP contribution in [0.5, 0.6) is 0 Å². The van der Waals surface area contributed by atoms with E-state index in [-0.39, 0.29) is 12.0 Å². The van der Waals surface area contributed by atoms with E-state index in [1.807, 2.05) is 60.7 Å². The average molecular weight is 434 g/mol. The molecule has 0 fully saturated rings. The Balaban J connectivity index is 1.99. The van der Waals surface area contributed by atoms with Crippen LogP contribution in [0.15, 0.2) is 83.8 Å². The van der Waals surface area contributed by atoms with Crippen molar-refractivity contribution in [3.8, 4) is 0 Å². The van der Waals surface area contributed by atoms with Crippen LogP contribution in [0.1, 0.15) is 40.4 Å². The maximum absolute atomic E-state index is 13.3.